The Kier molecular flexibility index (Phi) is 5.51. The molecule has 0 saturated heterocycles. The Morgan fingerprint density at radius 2 is 1.35 bits per heavy atom. The van der Waals surface area contributed by atoms with Crippen LogP contribution in [0.4, 0.5) is 13.2 Å². The maximum absolute atomic E-state index is 12.2. The molecule has 120 valence electrons. The van der Waals surface area contributed by atoms with E-state index in [4.69, 9.17) is 0 Å². The van der Waals surface area contributed by atoms with Crippen molar-refractivity contribution in [2.24, 2.45) is 0 Å². The lowest BCUT2D eigenvalue weighted by Crippen LogP contribution is -2.27. The molecule has 0 atom stereocenters. The van der Waals surface area contributed by atoms with E-state index < -0.39 is 12.1 Å². The van der Waals surface area contributed by atoms with Crippen LogP contribution < -0.4 is 0 Å². The molecule has 23 heavy (non-hydrogen) atoms. The second kappa shape index (κ2) is 7.58. The van der Waals surface area contributed by atoms with E-state index in [1.54, 1.807) is 0 Å². The Bertz CT molecular complexity index is 624. The predicted octanol–water partition coefficient (Wildman–Crippen LogP) is 3.53. The maximum Gasteiger partial charge on any atom is 0.491 e. The summed E-state index contributed by atoms with van der Waals surface area (Å²) in [5, 5.41) is 0. The van der Waals surface area contributed by atoms with Crippen LogP contribution in [0.3, 0.4) is 0 Å². The molecule has 6 heteroatoms. The van der Waals surface area contributed by atoms with Crippen molar-refractivity contribution in [3.05, 3.63) is 71.8 Å². The fourth-order valence-corrected chi connectivity index (χ4v) is 1.96. The fourth-order valence-electron chi connectivity index (χ4n) is 1.96. The molecule has 0 radical (unpaired) electrons. The highest BCUT2D eigenvalue weighted by Gasteiger charge is 2.41. The monoisotopic (exact) mass is 322 g/mol. The summed E-state index contributed by atoms with van der Waals surface area (Å²) in [6, 6.07) is 18.4. The van der Waals surface area contributed by atoms with Gasteiger partial charge in [0, 0.05) is 11.1 Å². The molecule has 0 spiro atoms. The van der Waals surface area contributed by atoms with E-state index in [1.165, 1.54) is 4.58 Å². The lowest BCUT2D eigenvalue weighted by Gasteiger charge is -2.06. The number of ether oxygens (including phenoxy) is 1. The molecule has 0 aliphatic rings. The van der Waals surface area contributed by atoms with Gasteiger partial charge < -0.3 is 4.74 Å². The number of carbonyl (C=O) groups excluding carboxylic acids is 1. The van der Waals surface area contributed by atoms with Crippen LogP contribution in [0.25, 0.3) is 0 Å². The molecule has 3 nitrogen and oxygen atoms in total. The van der Waals surface area contributed by atoms with Gasteiger partial charge in [-0.15, -0.1) is 0 Å². The van der Waals surface area contributed by atoms with Crippen molar-refractivity contribution in [2.45, 2.75) is 19.3 Å². The highest BCUT2D eigenvalue weighted by Crippen LogP contribution is 2.16. The molecule has 2 aromatic rings. The Labute approximate surface area is 131 Å². The van der Waals surface area contributed by atoms with Crippen LogP contribution in [0.5, 0.6) is 0 Å². The highest BCUT2D eigenvalue weighted by molar-refractivity contribution is 5.81. The van der Waals surface area contributed by atoms with Crippen molar-refractivity contribution in [3.63, 3.8) is 0 Å². The van der Waals surface area contributed by atoms with Crippen LogP contribution in [0.15, 0.2) is 60.7 Å². The Hall–Kier alpha value is -2.63. The number of rotatable bonds is 5. The van der Waals surface area contributed by atoms with Crippen LogP contribution in [-0.2, 0) is 22.6 Å². The zero-order valence-corrected chi connectivity index (χ0v) is 12.2. The summed E-state index contributed by atoms with van der Waals surface area (Å²) in [7, 11) is 0. The first-order chi connectivity index (χ1) is 10.9. The molecule has 2 aromatic carbocycles. The van der Waals surface area contributed by atoms with Gasteiger partial charge in [-0.05, 0) is 0 Å². The third-order valence-corrected chi connectivity index (χ3v) is 3.00. The molecule has 0 amide bonds. The van der Waals surface area contributed by atoms with Gasteiger partial charge in [0.15, 0.2) is 13.1 Å². The van der Waals surface area contributed by atoms with Gasteiger partial charge in [-0.25, -0.2) is 4.79 Å². The van der Waals surface area contributed by atoms with Crippen molar-refractivity contribution in [1.82, 2.24) is 0 Å². The summed E-state index contributed by atoms with van der Waals surface area (Å²) in [5.41, 5.74) is 1.78. The number of halogens is 3. The zero-order valence-electron chi connectivity index (χ0n) is 12.2. The quantitative estimate of drug-likeness (QED) is 0.365. The van der Waals surface area contributed by atoms with E-state index in [2.05, 4.69) is 4.74 Å². The van der Waals surface area contributed by atoms with Crippen LogP contribution in [0.2, 0.25) is 0 Å². The molecule has 2 rings (SSSR count). The number of hydrogen-bond donors (Lipinski definition) is 0. The number of benzene rings is 2. The van der Waals surface area contributed by atoms with Crippen LogP contribution in [-0.4, -0.2) is 23.1 Å². The topological polar surface area (TPSA) is 29.3 Å². The molecule has 0 N–H and O–H groups in total. The molecular formula is C17H15F3NO2+. The van der Waals surface area contributed by atoms with E-state index in [0.29, 0.717) is 13.1 Å². The molecule has 0 heterocycles. The molecule has 0 fully saturated rings. The first kappa shape index (κ1) is 16.7. The minimum absolute atomic E-state index is 0.320. The second-order valence-corrected chi connectivity index (χ2v) is 4.88. The van der Waals surface area contributed by atoms with Gasteiger partial charge in [0.25, 0.3) is 0 Å². The van der Waals surface area contributed by atoms with Crippen molar-refractivity contribution in [1.29, 1.82) is 0 Å². The first-order valence-electron chi connectivity index (χ1n) is 6.88. The average molecular weight is 322 g/mol. The van der Waals surface area contributed by atoms with Crippen molar-refractivity contribution in [2.75, 3.05) is 0 Å². The van der Waals surface area contributed by atoms with E-state index in [-0.39, 0.29) is 0 Å². The van der Waals surface area contributed by atoms with E-state index in [1.807, 2.05) is 60.7 Å². The minimum Gasteiger partial charge on any atom is -0.370 e. The van der Waals surface area contributed by atoms with E-state index in [0.717, 1.165) is 17.5 Å². The normalized spacial score (nSPS) is 10.9. The maximum atomic E-state index is 12.2. The third-order valence-electron chi connectivity index (χ3n) is 3.00. The zero-order chi connectivity index (χ0) is 16.7. The SMILES string of the molecule is O=C(OC=[N+](Cc1ccccc1)Cc1ccccc1)C(F)(F)F. The van der Waals surface area contributed by atoms with Gasteiger partial charge in [0.2, 0.25) is 0 Å². The van der Waals surface area contributed by atoms with Gasteiger partial charge in [-0.3, -0.25) is 0 Å². The first-order valence-corrected chi connectivity index (χ1v) is 6.88. The van der Waals surface area contributed by atoms with Crippen molar-refractivity contribution < 1.29 is 27.3 Å². The molecule has 0 unspecified atom stereocenters. The van der Waals surface area contributed by atoms with E-state index in [9.17, 15) is 18.0 Å². The third kappa shape index (κ3) is 5.58. The second-order valence-electron chi connectivity index (χ2n) is 4.88. The molecule has 0 saturated carbocycles. The summed E-state index contributed by atoms with van der Waals surface area (Å²) >= 11 is 0. The average Bonchev–Trinajstić information content (AvgIpc) is 2.53. The van der Waals surface area contributed by atoms with Gasteiger partial charge in [-0.1, -0.05) is 60.7 Å². The summed E-state index contributed by atoms with van der Waals surface area (Å²) in [6.45, 7) is 0.641. The summed E-state index contributed by atoms with van der Waals surface area (Å²) in [5.74, 6) is -2.23. The Morgan fingerprint density at radius 3 is 1.74 bits per heavy atom. The lowest BCUT2D eigenvalue weighted by molar-refractivity contribution is -0.561. The number of alkyl halides is 3. The summed E-state index contributed by atoms with van der Waals surface area (Å²) in [6.07, 6.45) is -4.18. The van der Waals surface area contributed by atoms with Crippen molar-refractivity contribution >= 4 is 12.4 Å². The Morgan fingerprint density at radius 1 is 0.913 bits per heavy atom. The summed E-state index contributed by atoms with van der Waals surface area (Å²) < 4.78 is 42.5. The highest BCUT2D eigenvalue weighted by atomic mass is 19.4. The largest absolute Gasteiger partial charge is 0.491 e. The number of esters is 1. The number of carbonyl (C=O) groups is 1. The minimum atomic E-state index is -5.01. The van der Waals surface area contributed by atoms with Gasteiger partial charge >= 0.3 is 18.5 Å². The van der Waals surface area contributed by atoms with Crippen LogP contribution in [0, 0.1) is 0 Å². The van der Waals surface area contributed by atoms with Gasteiger partial charge in [-0.2, -0.15) is 17.7 Å². The standard InChI is InChI=1S/C17H15F3NO2/c18-17(19,20)16(22)23-13-21(11-14-7-3-1-4-8-14)12-15-9-5-2-6-10-15/h1-10,13H,11-12H2/q+1. The smallest absolute Gasteiger partial charge is 0.370 e. The number of hydrogen-bond acceptors (Lipinski definition) is 2. The Balaban J connectivity index is 2.15. The van der Waals surface area contributed by atoms with Crippen LogP contribution in [0.1, 0.15) is 11.1 Å². The molecule has 0 aliphatic heterocycles. The number of nitrogens with zero attached hydrogens (tertiary/aromatic N) is 1. The molecule has 0 aromatic heterocycles. The van der Waals surface area contributed by atoms with E-state index >= 15 is 0 Å². The van der Waals surface area contributed by atoms with Gasteiger partial charge in [0.05, 0.1) is 0 Å². The summed E-state index contributed by atoms with van der Waals surface area (Å²) in [4.78, 5) is 10.9. The molecule has 0 aliphatic carbocycles. The fraction of sp³-hybridized carbons (Fsp3) is 0.176. The molecule has 0 bridgehead atoms. The predicted molar refractivity (Wildman–Crippen MR) is 78.8 cm³/mol. The van der Waals surface area contributed by atoms with Crippen LogP contribution >= 0.6 is 0 Å². The van der Waals surface area contributed by atoms with Crippen molar-refractivity contribution in [3.8, 4) is 0 Å². The van der Waals surface area contributed by atoms with Gasteiger partial charge in [0.1, 0.15) is 0 Å². The molecular weight excluding hydrogens is 307 g/mol. The lowest BCUT2D eigenvalue weighted by atomic mass is 10.2.